The van der Waals surface area contributed by atoms with Crippen LogP contribution < -0.4 is 0 Å². The molecule has 2 heteroatoms. The fraction of sp³-hybridized carbons (Fsp3) is 1.00. The van der Waals surface area contributed by atoms with Gasteiger partial charge in [0.2, 0.25) is 0 Å². The smallest absolute Gasteiger partial charge is 0.185 e. The van der Waals surface area contributed by atoms with Gasteiger partial charge in [0.25, 0.3) is 0 Å². The summed E-state index contributed by atoms with van der Waals surface area (Å²) in [5.41, 5.74) is 0. The molecule has 0 radical (unpaired) electrons. The fourth-order valence-corrected chi connectivity index (χ4v) is 0.750. The predicted molar refractivity (Wildman–Crippen MR) is 34.8 cm³/mol. The van der Waals surface area contributed by atoms with Gasteiger partial charge in [-0.3, -0.25) is 0 Å². The van der Waals surface area contributed by atoms with E-state index >= 15 is 0 Å². The van der Waals surface area contributed by atoms with Gasteiger partial charge in [0.1, 0.15) is 0 Å². The van der Waals surface area contributed by atoms with E-state index in [2.05, 4.69) is 13.8 Å². The molecule has 0 aromatic carbocycles. The Labute approximate surface area is 46.5 Å². The average molecular weight is 118 g/mol. The summed E-state index contributed by atoms with van der Waals surface area (Å²) < 4.78 is 0. The van der Waals surface area contributed by atoms with Gasteiger partial charge in [-0.25, -0.2) is 0 Å². The van der Waals surface area contributed by atoms with Gasteiger partial charge in [0, 0.05) is 0 Å². The molecule has 0 aromatic rings. The fourth-order valence-electron chi connectivity index (χ4n) is 0.250. The Bertz CT molecular complexity index is 46.0. The van der Waals surface area contributed by atoms with Crippen LogP contribution in [0.25, 0.3) is 0 Å². The Hall–Kier alpha value is 0.177. The van der Waals surface area contributed by atoms with Crippen molar-refractivity contribution < 1.29 is 4.80 Å². The summed E-state index contributed by atoms with van der Waals surface area (Å²) in [4.78, 5) is 9.27. The average Bonchev–Trinajstić information content (AvgIpc) is 1.68. The third-order valence-corrected chi connectivity index (χ3v) is 4.57. The van der Waals surface area contributed by atoms with Crippen LogP contribution in [-0.4, -0.2) is 13.1 Å². The van der Waals surface area contributed by atoms with Crippen LogP contribution in [-0.2, 0) is 0 Å². The highest BCUT2D eigenvalue weighted by Gasteiger charge is 2.17. The van der Waals surface area contributed by atoms with Crippen LogP contribution in [0.3, 0.4) is 0 Å². The molecule has 0 unspecified atom stereocenters. The second-order valence-electron chi connectivity index (χ2n) is 2.20. The quantitative estimate of drug-likeness (QED) is 0.546. The van der Waals surface area contributed by atoms with Gasteiger partial charge in [0.15, 0.2) is 8.32 Å². The Balaban J connectivity index is 3.36. The summed E-state index contributed by atoms with van der Waals surface area (Å²) in [6, 6.07) is 1.98. The van der Waals surface area contributed by atoms with Gasteiger partial charge in [-0.15, -0.1) is 0 Å². The molecule has 0 aromatic heterocycles. The van der Waals surface area contributed by atoms with Crippen molar-refractivity contribution in [2.24, 2.45) is 0 Å². The van der Waals surface area contributed by atoms with Gasteiger partial charge >= 0.3 is 0 Å². The first-order chi connectivity index (χ1) is 3.12. The van der Waals surface area contributed by atoms with Crippen molar-refractivity contribution in [1.29, 1.82) is 0 Å². The summed E-state index contributed by atoms with van der Waals surface area (Å²) in [5.74, 6) is 0. The molecule has 0 amide bonds. The van der Waals surface area contributed by atoms with Crippen LogP contribution in [0, 0.1) is 0 Å². The van der Waals surface area contributed by atoms with Gasteiger partial charge in [-0.05, 0) is 18.6 Å². The molecule has 44 valence electrons. The lowest BCUT2D eigenvalue weighted by molar-refractivity contribution is 0.541. The van der Waals surface area contributed by atoms with Gasteiger partial charge < -0.3 is 4.80 Å². The van der Waals surface area contributed by atoms with E-state index in [0.29, 0.717) is 0 Å². The van der Waals surface area contributed by atoms with Crippen LogP contribution in [0.15, 0.2) is 0 Å². The molecule has 0 aliphatic heterocycles. The molecule has 1 nitrogen and oxygen atoms in total. The summed E-state index contributed by atoms with van der Waals surface area (Å²) >= 11 is 0. The van der Waals surface area contributed by atoms with Crippen molar-refractivity contribution in [2.45, 2.75) is 32.5 Å². The first-order valence-electron chi connectivity index (χ1n) is 2.84. The monoisotopic (exact) mass is 118 g/mol. The topological polar surface area (TPSA) is 20.2 Å². The molecule has 0 bridgehead atoms. The van der Waals surface area contributed by atoms with E-state index in [1.54, 1.807) is 0 Å². The highest BCUT2D eigenvalue weighted by atomic mass is 28.4. The van der Waals surface area contributed by atoms with Crippen LogP contribution in [0.1, 0.15) is 13.8 Å². The molecule has 0 fully saturated rings. The van der Waals surface area contributed by atoms with Crippen molar-refractivity contribution in [3.05, 3.63) is 0 Å². The molecule has 0 aliphatic rings. The van der Waals surface area contributed by atoms with Crippen molar-refractivity contribution in [3.63, 3.8) is 0 Å². The molecule has 0 saturated carbocycles. The molecule has 0 rings (SSSR count). The van der Waals surface area contributed by atoms with E-state index < -0.39 is 8.32 Å². The number of rotatable bonds is 2. The minimum atomic E-state index is -1.65. The molecule has 7 heavy (non-hydrogen) atoms. The molecule has 1 N–H and O–H groups in total. The number of hydrogen-bond acceptors (Lipinski definition) is 1. The third-order valence-electron chi connectivity index (χ3n) is 1.52. The maximum Gasteiger partial charge on any atom is 0.185 e. The lowest BCUT2D eigenvalue weighted by Crippen LogP contribution is -2.26. The molecule has 0 heterocycles. The molecule has 0 atom stereocenters. The molecule has 0 spiro atoms. The second kappa shape index (κ2) is 2.48. The van der Waals surface area contributed by atoms with E-state index in [0.717, 1.165) is 12.1 Å². The van der Waals surface area contributed by atoms with E-state index in [9.17, 15) is 4.80 Å². The summed E-state index contributed by atoms with van der Waals surface area (Å²) in [5, 5.41) is 0. The normalized spacial score (nSPS) is 12.0. The van der Waals surface area contributed by atoms with Crippen molar-refractivity contribution in [2.75, 3.05) is 0 Å². The van der Waals surface area contributed by atoms with Crippen LogP contribution >= 0.6 is 0 Å². The first-order valence-corrected chi connectivity index (χ1v) is 5.71. The zero-order valence-corrected chi connectivity index (χ0v) is 6.36. The lowest BCUT2D eigenvalue weighted by atomic mass is 10.9. The molecule has 0 saturated heterocycles. The number of hydrogen-bond donors (Lipinski definition) is 1. The maximum atomic E-state index is 9.27. The third kappa shape index (κ3) is 2.82. The Morgan fingerprint density at radius 2 is 1.57 bits per heavy atom. The standard InChI is InChI=1S/C5H14OSi/c1-4-7(3,6)5-2/h6H,4-5H2,1-3H3. The zero-order chi connectivity index (χ0) is 5.91. The Morgan fingerprint density at radius 1 is 1.29 bits per heavy atom. The predicted octanol–water partition coefficient (Wildman–Crippen LogP) is 1.59. The highest BCUT2D eigenvalue weighted by Crippen LogP contribution is 2.08. The maximum absolute atomic E-state index is 9.27. The molecular weight excluding hydrogens is 104 g/mol. The summed E-state index contributed by atoms with van der Waals surface area (Å²) in [7, 11) is -1.65. The second-order valence-corrected chi connectivity index (χ2v) is 6.61. The van der Waals surface area contributed by atoms with Crippen molar-refractivity contribution in [3.8, 4) is 0 Å². The van der Waals surface area contributed by atoms with Gasteiger partial charge in [-0.1, -0.05) is 13.8 Å². The van der Waals surface area contributed by atoms with Crippen molar-refractivity contribution >= 4 is 8.32 Å². The van der Waals surface area contributed by atoms with Gasteiger partial charge in [-0.2, -0.15) is 0 Å². The van der Waals surface area contributed by atoms with Crippen molar-refractivity contribution in [1.82, 2.24) is 0 Å². The van der Waals surface area contributed by atoms with E-state index in [-0.39, 0.29) is 0 Å². The lowest BCUT2D eigenvalue weighted by Gasteiger charge is -2.13. The first kappa shape index (κ1) is 7.18. The minimum Gasteiger partial charge on any atom is -0.432 e. The SMILES string of the molecule is CC[Si](C)(O)CC. The molecule has 0 aliphatic carbocycles. The van der Waals surface area contributed by atoms with Crippen LogP contribution in [0.5, 0.6) is 0 Å². The zero-order valence-electron chi connectivity index (χ0n) is 5.36. The Morgan fingerprint density at radius 3 is 1.57 bits per heavy atom. The van der Waals surface area contributed by atoms with E-state index in [4.69, 9.17) is 0 Å². The van der Waals surface area contributed by atoms with Gasteiger partial charge in [0.05, 0.1) is 0 Å². The summed E-state index contributed by atoms with van der Waals surface area (Å²) in [6.07, 6.45) is 0. The van der Waals surface area contributed by atoms with Crippen LogP contribution in [0.4, 0.5) is 0 Å². The van der Waals surface area contributed by atoms with E-state index in [1.165, 1.54) is 0 Å². The minimum absolute atomic E-state index is 0.990. The highest BCUT2D eigenvalue weighted by molar-refractivity contribution is 6.70. The van der Waals surface area contributed by atoms with Crippen LogP contribution in [0.2, 0.25) is 18.6 Å². The van der Waals surface area contributed by atoms with E-state index in [1.807, 2.05) is 6.55 Å². The molecular formula is C5H14OSi. The Kier molecular flexibility index (Phi) is 2.54. The summed E-state index contributed by atoms with van der Waals surface area (Å²) in [6.45, 7) is 6.10. The largest absolute Gasteiger partial charge is 0.432 e.